The first-order valence-corrected chi connectivity index (χ1v) is 8.46. The second kappa shape index (κ2) is 4.48. The van der Waals surface area contributed by atoms with E-state index in [1.807, 2.05) is 0 Å². The summed E-state index contributed by atoms with van der Waals surface area (Å²) in [6.45, 7) is 0. The first kappa shape index (κ1) is 14.2. The Labute approximate surface area is 142 Å². The van der Waals surface area contributed by atoms with E-state index in [1.54, 1.807) is 0 Å². The van der Waals surface area contributed by atoms with Crippen molar-refractivity contribution in [1.29, 1.82) is 0 Å². The molecule has 6 atom stereocenters. The van der Waals surface area contributed by atoms with Gasteiger partial charge in [-0.25, -0.2) is 9.69 Å². The fourth-order valence-corrected chi connectivity index (χ4v) is 5.23. The minimum Gasteiger partial charge on any atom is -0.478 e. The normalized spacial score (nSPS) is 38.3. The third-order valence-corrected chi connectivity index (χ3v) is 6.43. The zero-order chi connectivity index (χ0) is 16.7. The van der Waals surface area contributed by atoms with Crippen LogP contribution in [-0.4, -0.2) is 22.9 Å². The van der Waals surface area contributed by atoms with E-state index in [4.69, 9.17) is 11.6 Å². The highest BCUT2D eigenvalue weighted by Gasteiger charge is 2.67. The predicted octanol–water partition coefficient (Wildman–Crippen LogP) is 2.60. The molecular formula is C18H14ClNO4. The van der Waals surface area contributed by atoms with Crippen LogP contribution in [-0.2, 0) is 9.59 Å². The lowest BCUT2D eigenvalue weighted by Crippen LogP contribution is -2.40. The average Bonchev–Trinajstić information content (AvgIpc) is 3.33. The highest BCUT2D eigenvalue weighted by Crippen LogP contribution is 2.65. The molecule has 24 heavy (non-hydrogen) atoms. The molecule has 0 unspecified atom stereocenters. The van der Waals surface area contributed by atoms with Crippen LogP contribution in [0.15, 0.2) is 30.4 Å². The summed E-state index contributed by atoms with van der Waals surface area (Å²) in [6, 6.07) is 4.28. The number of carbonyl (C=O) groups excluding carboxylic acids is 2. The van der Waals surface area contributed by atoms with Gasteiger partial charge in [-0.2, -0.15) is 0 Å². The van der Waals surface area contributed by atoms with E-state index in [0.717, 1.165) is 6.42 Å². The average molecular weight is 344 g/mol. The minimum atomic E-state index is -1.18. The smallest absolute Gasteiger partial charge is 0.337 e. The Morgan fingerprint density at radius 1 is 1.08 bits per heavy atom. The molecule has 2 bridgehead atoms. The van der Waals surface area contributed by atoms with Gasteiger partial charge in [0.15, 0.2) is 0 Å². The number of aromatic carboxylic acids is 1. The highest BCUT2D eigenvalue weighted by atomic mass is 35.5. The number of hydrogen-bond donors (Lipinski definition) is 1. The molecule has 5 aliphatic rings. The van der Waals surface area contributed by atoms with Crippen LogP contribution in [0.3, 0.4) is 0 Å². The number of rotatable bonds is 2. The SMILES string of the molecule is O=C(O)c1cc(N2C(=O)[C@H]3[C@@H]4C=C[C@@H]([C@H]5C[C@H]45)[C@@H]3C2=O)ccc1Cl. The summed E-state index contributed by atoms with van der Waals surface area (Å²) in [4.78, 5) is 38.4. The largest absolute Gasteiger partial charge is 0.478 e. The monoisotopic (exact) mass is 343 g/mol. The number of anilines is 1. The fourth-order valence-electron chi connectivity index (χ4n) is 5.03. The number of carbonyl (C=O) groups is 3. The van der Waals surface area contributed by atoms with E-state index in [1.165, 1.54) is 23.1 Å². The summed E-state index contributed by atoms with van der Waals surface area (Å²) in [6.07, 6.45) is 5.33. The lowest BCUT2D eigenvalue weighted by atomic mass is 9.63. The van der Waals surface area contributed by atoms with Crippen LogP contribution in [0.2, 0.25) is 5.02 Å². The van der Waals surface area contributed by atoms with Crippen molar-refractivity contribution in [2.45, 2.75) is 6.42 Å². The van der Waals surface area contributed by atoms with Gasteiger partial charge in [0.1, 0.15) is 0 Å². The second-order valence-electron chi connectivity index (χ2n) is 7.14. The van der Waals surface area contributed by atoms with Crippen LogP contribution in [0.1, 0.15) is 16.8 Å². The first-order valence-electron chi connectivity index (χ1n) is 8.08. The van der Waals surface area contributed by atoms with E-state index in [0.29, 0.717) is 17.5 Å². The van der Waals surface area contributed by atoms with Crippen molar-refractivity contribution >= 4 is 35.1 Å². The van der Waals surface area contributed by atoms with Gasteiger partial charge in [0.25, 0.3) is 0 Å². The number of benzene rings is 1. The zero-order valence-corrected chi connectivity index (χ0v) is 13.3. The van der Waals surface area contributed by atoms with Crippen LogP contribution < -0.4 is 4.90 Å². The lowest BCUT2D eigenvalue weighted by Gasteiger charge is -2.37. The molecule has 1 heterocycles. The van der Waals surface area contributed by atoms with E-state index in [9.17, 15) is 19.5 Å². The standard InChI is InChI=1S/C18H14ClNO4/c19-13-4-1-7(5-12(13)18(23)24)20-16(21)14-8-2-3-9(11-6-10(8)11)15(14)17(20)22/h1-5,8-11,14-15H,6H2,(H,23,24)/t8-,9+,10-,11-,14+,15+/m1/s1. The van der Waals surface area contributed by atoms with Gasteiger partial charge in [-0.3, -0.25) is 9.59 Å². The summed E-state index contributed by atoms with van der Waals surface area (Å²) in [5, 5.41) is 9.31. The van der Waals surface area contributed by atoms with Crippen LogP contribution in [0.25, 0.3) is 0 Å². The maximum atomic E-state index is 13.0. The molecule has 1 aromatic rings. The maximum absolute atomic E-state index is 13.0. The van der Waals surface area contributed by atoms with E-state index in [2.05, 4.69) is 12.2 Å². The maximum Gasteiger partial charge on any atom is 0.337 e. The number of allylic oxidation sites excluding steroid dienone is 2. The van der Waals surface area contributed by atoms with Crippen LogP contribution in [0, 0.1) is 35.5 Å². The molecule has 6 rings (SSSR count). The van der Waals surface area contributed by atoms with Gasteiger partial charge in [0.2, 0.25) is 11.8 Å². The second-order valence-corrected chi connectivity index (χ2v) is 7.54. The summed E-state index contributed by atoms with van der Waals surface area (Å²) in [5.41, 5.74) is 0.197. The van der Waals surface area contributed by atoms with E-state index >= 15 is 0 Å². The number of halogens is 1. The molecule has 2 saturated carbocycles. The van der Waals surface area contributed by atoms with Gasteiger partial charge in [-0.15, -0.1) is 0 Å². The molecule has 2 amide bonds. The molecule has 1 N–H and O–H groups in total. The molecule has 1 aliphatic heterocycles. The number of nitrogens with zero attached hydrogens (tertiary/aromatic N) is 1. The Kier molecular flexibility index (Phi) is 2.65. The zero-order valence-electron chi connectivity index (χ0n) is 12.6. The number of hydrogen-bond acceptors (Lipinski definition) is 3. The first-order chi connectivity index (χ1) is 11.5. The molecule has 122 valence electrons. The van der Waals surface area contributed by atoms with Crippen molar-refractivity contribution in [2.75, 3.05) is 4.90 Å². The fraction of sp³-hybridized carbons (Fsp3) is 0.389. The van der Waals surface area contributed by atoms with Crippen molar-refractivity contribution in [3.63, 3.8) is 0 Å². The molecule has 0 spiro atoms. The topological polar surface area (TPSA) is 74.7 Å². The minimum absolute atomic E-state index is 0.0886. The summed E-state index contributed by atoms with van der Waals surface area (Å²) >= 11 is 5.89. The van der Waals surface area contributed by atoms with E-state index in [-0.39, 0.29) is 46.1 Å². The van der Waals surface area contributed by atoms with Crippen LogP contribution >= 0.6 is 11.6 Å². The third-order valence-electron chi connectivity index (χ3n) is 6.10. The summed E-state index contributed by atoms with van der Waals surface area (Å²) in [7, 11) is 0. The highest BCUT2D eigenvalue weighted by molar-refractivity contribution is 6.34. The van der Waals surface area contributed by atoms with Crippen LogP contribution in [0.4, 0.5) is 5.69 Å². The van der Waals surface area contributed by atoms with Crippen molar-refractivity contribution < 1.29 is 19.5 Å². The third kappa shape index (κ3) is 1.63. The Morgan fingerprint density at radius 2 is 1.67 bits per heavy atom. The van der Waals surface area contributed by atoms with Crippen molar-refractivity contribution in [2.24, 2.45) is 35.5 Å². The summed E-state index contributed by atoms with van der Waals surface area (Å²) < 4.78 is 0. The number of carboxylic acid groups (broad SMARTS) is 1. The van der Waals surface area contributed by atoms with Gasteiger partial charge in [0, 0.05) is 0 Å². The number of imide groups is 1. The molecule has 6 heteroatoms. The Balaban J connectivity index is 1.57. The molecule has 3 fully saturated rings. The molecule has 4 aliphatic carbocycles. The van der Waals surface area contributed by atoms with Gasteiger partial charge >= 0.3 is 5.97 Å². The predicted molar refractivity (Wildman–Crippen MR) is 85.6 cm³/mol. The summed E-state index contributed by atoms with van der Waals surface area (Å²) in [5.74, 6) is -0.783. The Hall–Kier alpha value is -2.14. The van der Waals surface area contributed by atoms with Crippen LogP contribution in [0.5, 0.6) is 0 Å². The Bertz CT molecular complexity index is 811. The number of carboxylic acids is 1. The molecule has 5 nitrogen and oxygen atoms in total. The molecule has 1 aromatic carbocycles. The van der Waals surface area contributed by atoms with Gasteiger partial charge in [-0.05, 0) is 48.3 Å². The van der Waals surface area contributed by atoms with Gasteiger partial charge in [0.05, 0.1) is 28.1 Å². The molecule has 1 saturated heterocycles. The van der Waals surface area contributed by atoms with Gasteiger partial charge < -0.3 is 5.11 Å². The molecular weight excluding hydrogens is 330 g/mol. The van der Waals surface area contributed by atoms with E-state index < -0.39 is 5.97 Å². The van der Waals surface area contributed by atoms with Crippen molar-refractivity contribution in [3.8, 4) is 0 Å². The van der Waals surface area contributed by atoms with Crippen molar-refractivity contribution in [3.05, 3.63) is 40.9 Å². The van der Waals surface area contributed by atoms with Gasteiger partial charge in [-0.1, -0.05) is 23.8 Å². The number of amides is 2. The lowest BCUT2D eigenvalue weighted by molar-refractivity contribution is -0.124. The van der Waals surface area contributed by atoms with Crippen molar-refractivity contribution in [1.82, 2.24) is 0 Å². The molecule has 0 aromatic heterocycles. The molecule has 0 radical (unpaired) electrons. The quantitative estimate of drug-likeness (QED) is 0.661. The Morgan fingerprint density at radius 3 is 2.21 bits per heavy atom.